The number of carbonyl (C=O) groups is 1. The summed E-state index contributed by atoms with van der Waals surface area (Å²) in [6, 6.07) is 0. The molecule has 1 saturated heterocycles. The SMILES string of the molecule is CC(C)=O.C[Si]1(C)O[Si](C)(C)O[Si](C)(C)O1. The van der Waals surface area contributed by atoms with Crippen molar-refractivity contribution in [3.63, 3.8) is 0 Å². The molecule has 7 heteroatoms. The van der Waals surface area contributed by atoms with E-state index in [1.54, 1.807) is 0 Å². The van der Waals surface area contributed by atoms with Crippen LogP contribution in [0.5, 0.6) is 0 Å². The van der Waals surface area contributed by atoms with Gasteiger partial charge in [0.1, 0.15) is 5.78 Å². The average Bonchev–Trinajstić information content (AvgIpc) is 1.69. The number of rotatable bonds is 0. The monoisotopic (exact) mass is 280 g/mol. The summed E-state index contributed by atoms with van der Waals surface area (Å²) in [6.07, 6.45) is 0. The summed E-state index contributed by atoms with van der Waals surface area (Å²) in [5.41, 5.74) is 0. The van der Waals surface area contributed by atoms with Crippen molar-refractivity contribution in [1.82, 2.24) is 0 Å². The number of hydrogen-bond acceptors (Lipinski definition) is 4. The summed E-state index contributed by atoms with van der Waals surface area (Å²) < 4.78 is 17.6. The molecule has 4 nitrogen and oxygen atoms in total. The van der Waals surface area contributed by atoms with Crippen molar-refractivity contribution < 1.29 is 17.1 Å². The van der Waals surface area contributed by atoms with Gasteiger partial charge in [0.25, 0.3) is 0 Å². The van der Waals surface area contributed by atoms with Gasteiger partial charge in [-0.25, -0.2) is 0 Å². The second-order valence-corrected chi connectivity index (χ2v) is 16.3. The normalized spacial score (nSPS) is 25.2. The van der Waals surface area contributed by atoms with Crippen molar-refractivity contribution in [1.29, 1.82) is 0 Å². The van der Waals surface area contributed by atoms with Crippen LogP contribution in [0.15, 0.2) is 0 Å². The third-order valence-corrected chi connectivity index (χ3v) is 13.3. The first-order valence-electron chi connectivity index (χ1n) is 5.43. The quantitative estimate of drug-likeness (QED) is 0.640. The lowest BCUT2D eigenvalue weighted by molar-refractivity contribution is -0.114. The van der Waals surface area contributed by atoms with Gasteiger partial charge in [0.2, 0.25) is 0 Å². The highest BCUT2D eigenvalue weighted by molar-refractivity contribution is 6.92. The van der Waals surface area contributed by atoms with E-state index < -0.39 is 25.7 Å². The predicted molar refractivity (Wildman–Crippen MR) is 72.1 cm³/mol. The molecule has 0 saturated carbocycles. The Morgan fingerprint density at radius 3 is 0.938 bits per heavy atom. The highest BCUT2D eigenvalue weighted by Gasteiger charge is 2.49. The van der Waals surface area contributed by atoms with Crippen molar-refractivity contribution in [2.75, 3.05) is 0 Å². The van der Waals surface area contributed by atoms with Gasteiger partial charge in [0.15, 0.2) is 0 Å². The smallest absolute Gasteiger partial charge is 0.314 e. The minimum atomic E-state index is -1.86. The second kappa shape index (κ2) is 5.23. The summed E-state index contributed by atoms with van der Waals surface area (Å²) in [7, 11) is -5.59. The van der Waals surface area contributed by atoms with E-state index >= 15 is 0 Å². The van der Waals surface area contributed by atoms with Crippen molar-refractivity contribution in [2.24, 2.45) is 0 Å². The van der Waals surface area contributed by atoms with Crippen molar-refractivity contribution >= 4 is 31.5 Å². The number of hydrogen-bond donors (Lipinski definition) is 0. The molecule has 1 fully saturated rings. The molecule has 0 aromatic carbocycles. The Hall–Kier alpha value is 0.201. The molecule has 0 spiro atoms. The first-order chi connectivity index (χ1) is 6.85. The maximum absolute atomic E-state index is 9.44. The van der Waals surface area contributed by atoms with Gasteiger partial charge in [0.05, 0.1) is 0 Å². The molecule has 0 unspecified atom stereocenters. The fourth-order valence-corrected chi connectivity index (χ4v) is 17.7. The fraction of sp³-hybridized carbons (Fsp3) is 0.889. The summed E-state index contributed by atoms with van der Waals surface area (Å²) in [5.74, 6) is 0.167. The first kappa shape index (κ1) is 16.2. The molecule has 0 aromatic rings. The molecular formula is C9H24O4Si3. The van der Waals surface area contributed by atoms with Crippen molar-refractivity contribution in [2.45, 2.75) is 53.1 Å². The maximum atomic E-state index is 9.44. The Balaban J connectivity index is 0.000000487. The van der Waals surface area contributed by atoms with Crippen LogP contribution in [0.2, 0.25) is 39.3 Å². The van der Waals surface area contributed by atoms with Crippen LogP contribution in [-0.2, 0) is 17.1 Å². The van der Waals surface area contributed by atoms with Gasteiger partial charge < -0.3 is 17.1 Å². The van der Waals surface area contributed by atoms with Crippen molar-refractivity contribution in [3.8, 4) is 0 Å². The topological polar surface area (TPSA) is 44.8 Å². The van der Waals surface area contributed by atoms with Crippen LogP contribution in [0.1, 0.15) is 13.8 Å². The number of Topliss-reactive ketones (excluding diaryl/α,β-unsaturated/α-hetero) is 1. The van der Waals surface area contributed by atoms with E-state index in [0.717, 1.165) is 0 Å². The Morgan fingerprint density at radius 1 is 0.688 bits per heavy atom. The van der Waals surface area contributed by atoms with Gasteiger partial charge in [-0.15, -0.1) is 0 Å². The third-order valence-electron chi connectivity index (χ3n) is 1.47. The molecular weight excluding hydrogens is 256 g/mol. The van der Waals surface area contributed by atoms with Crippen LogP contribution in [0.4, 0.5) is 0 Å². The lowest BCUT2D eigenvalue weighted by Gasteiger charge is -2.46. The van der Waals surface area contributed by atoms with Gasteiger partial charge in [-0.2, -0.15) is 0 Å². The van der Waals surface area contributed by atoms with Crippen LogP contribution in [0.25, 0.3) is 0 Å². The average molecular weight is 281 g/mol. The lowest BCUT2D eigenvalue weighted by Crippen LogP contribution is -2.64. The van der Waals surface area contributed by atoms with E-state index in [4.69, 9.17) is 12.3 Å². The van der Waals surface area contributed by atoms with E-state index in [1.807, 2.05) is 0 Å². The maximum Gasteiger partial charge on any atom is 0.314 e. The molecule has 0 aromatic heterocycles. The van der Waals surface area contributed by atoms with Crippen LogP contribution in [0, 0.1) is 0 Å². The van der Waals surface area contributed by atoms with E-state index in [1.165, 1.54) is 13.8 Å². The Labute approximate surface area is 102 Å². The van der Waals surface area contributed by atoms with Crippen LogP contribution < -0.4 is 0 Å². The Kier molecular flexibility index (Phi) is 5.30. The molecule has 0 N–H and O–H groups in total. The molecule has 1 heterocycles. The summed E-state index contributed by atoms with van der Waals surface area (Å²) in [6.45, 7) is 15.6. The lowest BCUT2D eigenvalue weighted by atomic mass is 10.6. The predicted octanol–water partition coefficient (Wildman–Crippen LogP) is 2.75. The second-order valence-electron chi connectivity index (χ2n) is 5.41. The molecule has 1 aliphatic rings. The summed E-state index contributed by atoms with van der Waals surface area (Å²) in [5, 5.41) is 0. The van der Waals surface area contributed by atoms with Crippen molar-refractivity contribution in [3.05, 3.63) is 0 Å². The number of ketones is 1. The largest absolute Gasteiger partial charge is 0.416 e. The molecule has 0 bridgehead atoms. The van der Waals surface area contributed by atoms with Gasteiger partial charge in [-0.05, 0) is 53.1 Å². The molecule has 0 amide bonds. The zero-order chi connectivity index (χ0) is 13.2. The minimum absolute atomic E-state index is 0.167. The Bertz CT molecular complexity index is 214. The Morgan fingerprint density at radius 2 is 0.812 bits per heavy atom. The highest BCUT2D eigenvalue weighted by atomic mass is 28.5. The zero-order valence-corrected chi connectivity index (χ0v) is 14.6. The van der Waals surface area contributed by atoms with E-state index in [-0.39, 0.29) is 5.78 Å². The van der Waals surface area contributed by atoms with Crippen LogP contribution in [-0.4, -0.2) is 31.5 Å². The fourth-order valence-electron chi connectivity index (χ4n) is 1.84. The van der Waals surface area contributed by atoms with Gasteiger partial charge >= 0.3 is 25.7 Å². The minimum Gasteiger partial charge on any atom is -0.416 e. The summed E-state index contributed by atoms with van der Waals surface area (Å²) in [4.78, 5) is 9.44. The van der Waals surface area contributed by atoms with Crippen LogP contribution in [0.3, 0.4) is 0 Å². The third kappa shape index (κ3) is 7.47. The standard InChI is InChI=1S/C6H18O3Si3.C3H6O/c1-10(2)7-11(3,4)9-12(5,6)8-10;1-3(2)4/h1-6H3;1-2H3. The number of carbonyl (C=O) groups excluding carboxylic acids is 1. The molecule has 96 valence electrons. The summed E-state index contributed by atoms with van der Waals surface area (Å²) >= 11 is 0. The molecule has 0 atom stereocenters. The van der Waals surface area contributed by atoms with E-state index in [0.29, 0.717) is 0 Å². The van der Waals surface area contributed by atoms with Gasteiger partial charge in [0, 0.05) is 0 Å². The highest BCUT2D eigenvalue weighted by Crippen LogP contribution is 2.29. The van der Waals surface area contributed by atoms with E-state index in [2.05, 4.69) is 39.3 Å². The van der Waals surface area contributed by atoms with Gasteiger partial charge in [-0.3, -0.25) is 0 Å². The first-order valence-corrected chi connectivity index (χ1v) is 13.9. The van der Waals surface area contributed by atoms with Crippen LogP contribution >= 0.6 is 0 Å². The molecule has 0 aliphatic carbocycles. The molecule has 1 rings (SSSR count). The molecule has 16 heavy (non-hydrogen) atoms. The molecule has 1 aliphatic heterocycles. The molecule has 0 radical (unpaired) electrons. The van der Waals surface area contributed by atoms with E-state index in [9.17, 15) is 4.79 Å². The zero-order valence-electron chi connectivity index (χ0n) is 11.6. The van der Waals surface area contributed by atoms with Gasteiger partial charge in [-0.1, -0.05) is 0 Å².